The van der Waals surface area contributed by atoms with Gasteiger partial charge in [-0.25, -0.2) is 0 Å². The van der Waals surface area contributed by atoms with Crippen LogP contribution in [0.3, 0.4) is 0 Å². The van der Waals surface area contributed by atoms with Crippen molar-refractivity contribution in [1.29, 1.82) is 0 Å². The Morgan fingerprint density at radius 3 is 0.706 bits per heavy atom. The van der Waals surface area contributed by atoms with Crippen molar-refractivity contribution in [3.05, 3.63) is 0 Å². The molecule has 0 radical (unpaired) electrons. The molecule has 0 atom stereocenters. The third kappa shape index (κ3) is 19.1. The van der Waals surface area contributed by atoms with Crippen LogP contribution < -0.4 is 0 Å². The minimum atomic E-state index is 0. The fourth-order valence-corrected chi connectivity index (χ4v) is 2.27. The monoisotopic (exact) mass is 281 g/mol. The van der Waals surface area contributed by atoms with Gasteiger partial charge in [0.05, 0.1) is 0 Å². The molecule has 0 heterocycles. The molecular weight excluding hydrogens is 247 g/mol. The van der Waals surface area contributed by atoms with Crippen LogP contribution >= 0.6 is 0 Å². The molecule has 0 aromatic carbocycles. The first-order valence-corrected chi connectivity index (χ1v) is 7.91. The summed E-state index contributed by atoms with van der Waals surface area (Å²) in [6.45, 7) is 4.58. The van der Waals surface area contributed by atoms with Crippen LogP contribution in [0.25, 0.3) is 0 Å². The second-order valence-electron chi connectivity index (χ2n) is 5.24. The molecule has 0 rings (SSSR count). The molecule has 0 unspecified atom stereocenters. The van der Waals surface area contributed by atoms with E-state index in [1.165, 1.54) is 89.9 Å². The summed E-state index contributed by atoms with van der Waals surface area (Å²) in [5.74, 6) is 0. The maximum atomic E-state index is 2.29. The van der Waals surface area contributed by atoms with Crippen molar-refractivity contribution in [1.82, 2.24) is 0 Å². The third-order valence-corrected chi connectivity index (χ3v) is 3.46. The van der Waals surface area contributed by atoms with Crippen LogP contribution in [-0.2, 0) is 17.1 Å². The van der Waals surface area contributed by atoms with Crippen LogP contribution in [0.15, 0.2) is 0 Å². The second kappa shape index (κ2) is 18.9. The Morgan fingerprint density at radius 2 is 0.529 bits per heavy atom. The van der Waals surface area contributed by atoms with Crippen molar-refractivity contribution in [3.63, 3.8) is 0 Å². The van der Waals surface area contributed by atoms with Gasteiger partial charge in [0.1, 0.15) is 0 Å². The number of rotatable bonds is 13. The van der Waals surface area contributed by atoms with Gasteiger partial charge in [0.15, 0.2) is 0 Å². The van der Waals surface area contributed by atoms with E-state index >= 15 is 0 Å². The molecule has 0 aliphatic rings. The van der Waals surface area contributed by atoms with Gasteiger partial charge in [0.2, 0.25) is 0 Å². The van der Waals surface area contributed by atoms with E-state index in [2.05, 4.69) is 13.8 Å². The van der Waals surface area contributed by atoms with Gasteiger partial charge in [-0.3, -0.25) is 0 Å². The molecule has 0 aromatic rings. The van der Waals surface area contributed by atoms with E-state index in [-0.39, 0.29) is 17.1 Å². The molecule has 0 nitrogen and oxygen atoms in total. The largest absolute Gasteiger partial charge is 3.00 e. The van der Waals surface area contributed by atoms with Crippen molar-refractivity contribution in [2.75, 3.05) is 0 Å². The Labute approximate surface area is 121 Å². The van der Waals surface area contributed by atoms with Crippen LogP contribution in [0.4, 0.5) is 0 Å². The average molecular weight is 281 g/mol. The molecule has 0 amide bonds. The van der Waals surface area contributed by atoms with Crippen LogP contribution in [0.1, 0.15) is 104 Å². The molecule has 0 fully saturated rings. The zero-order chi connectivity index (χ0) is 11.9. The van der Waals surface area contributed by atoms with E-state index in [0.717, 1.165) is 0 Å². The van der Waals surface area contributed by atoms with E-state index in [1.807, 2.05) is 0 Å². The SMILES string of the molecule is CCCCCCCCCCCCCCCC.[Mn+3]. The Morgan fingerprint density at radius 1 is 0.353 bits per heavy atom. The standard InChI is InChI=1S/C16H34.Mn/c1-3-5-7-9-11-13-15-16-14-12-10-8-6-4-2;/h3-16H2,1-2H3;/q;+3. The summed E-state index contributed by atoms with van der Waals surface area (Å²) in [4.78, 5) is 0. The molecule has 0 aliphatic carbocycles. The van der Waals surface area contributed by atoms with Gasteiger partial charge in [-0.15, -0.1) is 0 Å². The quantitative estimate of drug-likeness (QED) is 0.267. The maximum absolute atomic E-state index is 2.29. The molecule has 0 bridgehead atoms. The number of unbranched alkanes of at least 4 members (excludes halogenated alkanes) is 13. The first-order valence-electron chi connectivity index (χ1n) is 7.91. The van der Waals surface area contributed by atoms with Crippen molar-refractivity contribution >= 4 is 0 Å². The van der Waals surface area contributed by atoms with Gasteiger partial charge in [-0.2, -0.15) is 0 Å². The molecule has 102 valence electrons. The Balaban J connectivity index is 0. The van der Waals surface area contributed by atoms with Gasteiger partial charge < -0.3 is 0 Å². The summed E-state index contributed by atoms with van der Waals surface area (Å²) in [5, 5.41) is 0. The van der Waals surface area contributed by atoms with Crippen LogP contribution in [0.5, 0.6) is 0 Å². The summed E-state index contributed by atoms with van der Waals surface area (Å²) in [7, 11) is 0. The zero-order valence-electron chi connectivity index (χ0n) is 12.3. The van der Waals surface area contributed by atoms with Gasteiger partial charge in [0, 0.05) is 0 Å². The molecule has 0 saturated heterocycles. The van der Waals surface area contributed by atoms with Gasteiger partial charge in [-0.1, -0.05) is 104 Å². The van der Waals surface area contributed by atoms with Crippen molar-refractivity contribution in [2.45, 2.75) is 104 Å². The first-order chi connectivity index (χ1) is 7.91. The summed E-state index contributed by atoms with van der Waals surface area (Å²) in [6, 6.07) is 0. The van der Waals surface area contributed by atoms with Crippen molar-refractivity contribution in [3.8, 4) is 0 Å². The molecule has 0 N–H and O–H groups in total. The maximum Gasteiger partial charge on any atom is 3.00 e. The van der Waals surface area contributed by atoms with Crippen LogP contribution in [0.2, 0.25) is 0 Å². The molecule has 1 heteroatoms. The molecule has 17 heavy (non-hydrogen) atoms. The fraction of sp³-hybridized carbons (Fsp3) is 1.00. The predicted octanol–water partition coefficient (Wildman–Crippen LogP) is 6.49. The summed E-state index contributed by atoms with van der Waals surface area (Å²) >= 11 is 0. The minimum absolute atomic E-state index is 0. The summed E-state index contributed by atoms with van der Waals surface area (Å²) < 4.78 is 0. The average Bonchev–Trinajstić information content (AvgIpc) is 2.31. The molecule has 0 saturated carbocycles. The van der Waals surface area contributed by atoms with Crippen molar-refractivity contribution in [2.24, 2.45) is 0 Å². The molecule has 0 spiro atoms. The van der Waals surface area contributed by atoms with Gasteiger partial charge >= 0.3 is 17.1 Å². The Bertz CT molecular complexity index is 98.1. The predicted molar refractivity (Wildman–Crippen MR) is 76.0 cm³/mol. The van der Waals surface area contributed by atoms with Crippen molar-refractivity contribution < 1.29 is 17.1 Å². The van der Waals surface area contributed by atoms with Gasteiger partial charge in [0.25, 0.3) is 0 Å². The topological polar surface area (TPSA) is 0 Å². The van der Waals surface area contributed by atoms with Gasteiger partial charge in [-0.05, 0) is 0 Å². The van der Waals surface area contributed by atoms with E-state index in [9.17, 15) is 0 Å². The zero-order valence-corrected chi connectivity index (χ0v) is 13.5. The number of hydrogen-bond acceptors (Lipinski definition) is 0. The van der Waals surface area contributed by atoms with E-state index in [4.69, 9.17) is 0 Å². The van der Waals surface area contributed by atoms with Crippen LogP contribution in [-0.4, -0.2) is 0 Å². The Kier molecular flexibility index (Phi) is 22.0. The number of hydrogen-bond donors (Lipinski definition) is 0. The van der Waals surface area contributed by atoms with E-state index < -0.39 is 0 Å². The Hall–Kier alpha value is 0.519. The summed E-state index contributed by atoms with van der Waals surface area (Å²) in [6.07, 6.45) is 20.4. The second-order valence-corrected chi connectivity index (χ2v) is 5.24. The molecular formula is C16H34Mn+3. The van der Waals surface area contributed by atoms with Crippen LogP contribution in [0, 0.1) is 0 Å². The van der Waals surface area contributed by atoms with E-state index in [1.54, 1.807) is 0 Å². The smallest absolute Gasteiger partial charge is 0.0654 e. The first kappa shape index (κ1) is 19.8. The molecule has 0 aliphatic heterocycles. The third-order valence-electron chi connectivity index (χ3n) is 3.46. The summed E-state index contributed by atoms with van der Waals surface area (Å²) in [5.41, 5.74) is 0. The minimum Gasteiger partial charge on any atom is -0.0654 e. The normalized spacial score (nSPS) is 10.2. The van der Waals surface area contributed by atoms with E-state index in [0.29, 0.717) is 0 Å². The molecule has 0 aromatic heterocycles. The fourth-order valence-electron chi connectivity index (χ4n) is 2.27.